The van der Waals surface area contributed by atoms with Crippen molar-refractivity contribution in [2.24, 2.45) is 15.9 Å². The fraction of sp³-hybridized carbons (Fsp3) is 0.125. The number of ether oxygens (including phenoxy) is 2. The topological polar surface area (TPSA) is 168 Å². The van der Waals surface area contributed by atoms with E-state index in [-0.39, 0.29) is 11.5 Å². The maximum atomic E-state index is 12.8. The van der Waals surface area contributed by atoms with Gasteiger partial charge in [0, 0.05) is 6.07 Å². The number of hydrazine groups is 1. The highest BCUT2D eigenvalue weighted by atomic mass is 19.4. The molecule has 0 fully saturated rings. The Morgan fingerprint density at radius 3 is 2.39 bits per heavy atom. The summed E-state index contributed by atoms with van der Waals surface area (Å²) in [5, 5.41) is 27.3. The number of nitro benzene ring substituents is 1. The molecular formula is C16H13F3N6O6. The van der Waals surface area contributed by atoms with E-state index in [0.29, 0.717) is 17.7 Å². The summed E-state index contributed by atoms with van der Waals surface area (Å²) in [4.78, 5) is 20.4. The molecule has 0 aliphatic rings. The number of nitrogens with zero attached hydrogens (tertiary/aromatic N) is 4. The molecule has 0 radical (unpaired) electrons. The lowest BCUT2D eigenvalue weighted by Gasteiger charge is -2.12. The van der Waals surface area contributed by atoms with Crippen molar-refractivity contribution in [3.8, 4) is 17.2 Å². The van der Waals surface area contributed by atoms with Gasteiger partial charge in [-0.25, -0.2) is 10.1 Å². The summed E-state index contributed by atoms with van der Waals surface area (Å²) in [6, 6.07) is 5.96. The van der Waals surface area contributed by atoms with Crippen molar-refractivity contribution in [1.29, 1.82) is 0 Å². The van der Waals surface area contributed by atoms with E-state index in [0.717, 1.165) is 6.07 Å². The lowest BCUT2D eigenvalue weighted by Crippen LogP contribution is -2.35. The van der Waals surface area contributed by atoms with Crippen LogP contribution < -0.4 is 20.6 Å². The van der Waals surface area contributed by atoms with E-state index in [2.05, 4.69) is 10.2 Å². The third-order valence-electron chi connectivity index (χ3n) is 3.47. The minimum atomic E-state index is -4.76. The number of nitrogens with two attached hydrogens (primary N) is 1. The van der Waals surface area contributed by atoms with Crippen LogP contribution in [0.25, 0.3) is 0 Å². The zero-order valence-corrected chi connectivity index (χ0v) is 15.5. The normalized spacial score (nSPS) is 11.9. The van der Waals surface area contributed by atoms with E-state index in [1.807, 2.05) is 0 Å². The zero-order chi connectivity index (χ0) is 23.2. The molecule has 0 amide bonds. The lowest BCUT2D eigenvalue weighted by molar-refractivity contribution is -0.525. The Hall–Kier alpha value is -4.43. The Morgan fingerprint density at radius 2 is 1.81 bits per heavy atom. The number of benzene rings is 2. The summed E-state index contributed by atoms with van der Waals surface area (Å²) in [6.45, 7) is 0. The smallest absolute Gasteiger partial charge is 0.416 e. The van der Waals surface area contributed by atoms with E-state index < -0.39 is 39.1 Å². The molecule has 0 saturated heterocycles. The number of nitrogens with one attached hydrogen (secondary N) is 1. The van der Waals surface area contributed by atoms with Gasteiger partial charge in [-0.1, -0.05) is 5.43 Å². The van der Waals surface area contributed by atoms with Gasteiger partial charge in [0.15, 0.2) is 16.5 Å². The molecule has 2 rings (SSSR count). The van der Waals surface area contributed by atoms with Crippen LogP contribution in [-0.4, -0.2) is 29.2 Å². The average molecular weight is 442 g/mol. The average Bonchev–Trinajstić information content (AvgIpc) is 2.67. The van der Waals surface area contributed by atoms with Gasteiger partial charge in [0.1, 0.15) is 0 Å². The summed E-state index contributed by atoms with van der Waals surface area (Å²) in [7, 11) is 1.27. The molecule has 3 N–H and O–H groups in total. The number of hydrogen-bond acceptors (Lipinski definition) is 8. The zero-order valence-electron chi connectivity index (χ0n) is 15.5. The van der Waals surface area contributed by atoms with Crippen molar-refractivity contribution in [3.05, 3.63) is 67.8 Å². The molecule has 2 aromatic carbocycles. The lowest BCUT2D eigenvalue weighted by atomic mass is 10.1. The minimum Gasteiger partial charge on any atom is -0.493 e. The summed E-state index contributed by atoms with van der Waals surface area (Å²) >= 11 is 0. The highest BCUT2D eigenvalue weighted by Gasteiger charge is 2.33. The fourth-order valence-electron chi connectivity index (χ4n) is 2.16. The van der Waals surface area contributed by atoms with Gasteiger partial charge in [0.05, 0.1) is 23.8 Å². The van der Waals surface area contributed by atoms with Crippen LogP contribution in [0, 0.1) is 20.2 Å². The molecule has 164 valence electrons. The first-order valence-electron chi connectivity index (χ1n) is 8.00. The Bertz CT molecular complexity index is 1060. The first kappa shape index (κ1) is 22.9. The third kappa shape index (κ3) is 6.28. The van der Waals surface area contributed by atoms with Crippen molar-refractivity contribution >= 4 is 17.9 Å². The molecule has 2 aromatic rings. The monoisotopic (exact) mass is 442 g/mol. The predicted molar refractivity (Wildman–Crippen MR) is 101 cm³/mol. The van der Waals surface area contributed by atoms with Crippen molar-refractivity contribution in [2.75, 3.05) is 7.11 Å². The number of guanidine groups is 1. The second-order valence-electron chi connectivity index (χ2n) is 5.55. The standard InChI is InChI=1S/C16H13F3N6O6/c1-30-14-6-9(8-21-22-15(20)23-25(28)29)2-4-13(14)31-12-5-3-10(16(17,18)19)7-11(12)24(26)27/h2-8H,1H3,(H3,20,22,23). The fourth-order valence-corrected chi connectivity index (χ4v) is 2.16. The van der Waals surface area contributed by atoms with Gasteiger partial charge >= 0.3 is 11.9 Å². The molecule has 0 spiro atoms. The van der Waals surface area contributed by atoms with Crippen LogP contribution in [0.1, 0.15) is 11.1 Å². The van der Waals surface area contributed by atoms with Gasteiger partial charge in [0.25, 0.3) is 5.96 Å². The molecule has 0 aromatic heterocycles. The van der Waals surface area contributed by atoms with Crippen LogP contribution >= 0.6 is 0 Å². The molecular weight excluding hydrogens is 429 g/mol. The first-order chi connectivity index (χ1) is 14.5. The molecule has 0 bridgehead atoms. The molecule has 31 heavy (non-hydrogen) atoms. The van der Waals surface area contributed by atoms with E-state index in [9.17, 15) is 33.4 Å². The Labute approximate surface area is 171 Å². The third-order valence-corrected chi connectivity index (χ3v) is 3.47. The maximum Gasteiger partial charge on any atom is 0.416 e. The van der Waals surface area contributed by atoms with E-state index in [1.165, 1.54) is 31.5 Å². The van der Waals surface area contributed by atoms with E-state index in [1.54, 1.807) is 5.43 Å². The number of alkyl halides is 3. The molecule has 0 aliphatic carbocycles. The van der Waals surface area contributed by atoms with Gasteiger partial charge in [-0.05, 0) is 35.9 Å². The van der Waals surface area contributed by atoms with E-state index in [4.69, 9.17) is 15.2 Å². The Morgan fingerprint density at radius 1 is 1.13 bits per heavy atom. The minimum absolute atomic E-state index is 0.0273. The highest BCUT2D eigenvalue weighted by Crippen LogP contribution is 2.40. The van der Waals surface area contributed by atoms with Crippen molar-refractivity contribution in [3.63, 3.8) is 0 Å². The highest BCUT2D eigenvalue weighted by molar-refractivity contribution is 5.82. The molecule has 0 unspecified atom stereocenters. The number of methoxy groups -OCH3 is 1. The number of nitro groups is 2. The summed E-state index contributed by atoms with van der Waals surface area (Å²) < 4.78 is 49.0. The van der Waals surface area contributed by atoms with Crippen molar-refractivity contribution in [2.45, 2.75) is 6.18 Å². The summed E-state index contributed by atoms with van der Waals surface area (Å²) in [5.41, 5.74) is 5.07. The van der Waals surface area contributed by atoms with E-state index >= 15 is 0 Å². The van der Waals surface area contributed by atoms with Crippen LogP contribution in [-0.2, 0) is 6.18 Å². The summed E-state index contributed by atoms with van der Waals surface area (Å²) in [6.07, 6.45) is -3.59. The van der Waals surface area contributed by atoms with Crippen molar-refractivity contribution in [1.82, 2.24) is 5.43 Å². The Balaban J connectivity index is 2.30. The van der Waals surface area contributed by atoms with Crippen LogP contribution in [0.4, 0.5) is 18.9 Å². The molecule has 0 atom stereocenters. The first-order valence-corrected chi connectivity index (χ1v) is 8.00. The van der Waals surface area contributed by atoms with Crippen molar-refractivity contribution < 1.29 is 32.6 Å². The second-order valence-corrected chi connectivity index (χ2v) is 5.55. The van der Waals surface area contributed by atoms with Crippen LogP contribution in [0.5, 0.6) is 17.2 Å². The van der Waals surface area contributed by atoms with Crippen LogP contribution in [0.2, 0.25) is 0 Å². The number of rotatable bonds is 7. The van der Waals surface area contributed by atoms with Crippen LogP contribution in [0.3, 0.4) is 0 Å². The Kier molecular flexibility index (Phi) is 6.91. The predicted octanol–water partition coefficient (Wildman–Crippen LogP) is 2.84. The molecule has 0 saturated carbocycles. The summed E-state index contributed by atoms with van der Waals surface area (Å²) in [5.74, 6) is -0.956. The molecule has 0 heterocycles. The van der Waals surface area contributed by atoms with Gasteiger partial charge < -0.3 is 15.2 Å². The van der Waals surface area contributed by atoms with Gasteiger partial charge in [0.2, 0.25) is 5.75 Å². The number of halogens is 3. The number of hydrogen-bond donors (Lipinski definition) is 2. The van der Waals surface area contributed by atoms with Gasteiger partial charge in [-0.3, -0.25) is 10.1 Å². The second kappa shape index (κ2) is 9.38. The SMILES string of the molecule is COc1cc(C=NN=C(N)N[N+](=O)[O-])ccc1Oc1ccc(C(F)(F)F)cc1[N+](=O)[O-]. The van der Waals surface area contributed by atoms with Gasteiger partial charge in [-0.2, -0.15) is 18.3 Å². The molecule has 0 aliphatic heterocycles. The quantitative estimate of drug-likeness (QED) is 0.286. The molecule has 12 nitrogen and oxygen atoms in total. The van der Waals surface area contributed by atoms with Crippen LogP contribution in [0.15, 0.2) is 46.6 Å². The largest absolute Gasteiger partial charge is 0.493 e. The van der Waals surface area contributed by atoms with Gasteiger partial charge in [-0.15, -0.1) is 5.10 Å². The molecule has 15 heteroatoms. The maximum absolute atomic E-state index is 12.8.